The molecule has 0 unspecified atom stereocenters. The molecule has 1 N–H and O–H groups in total. The van der Waals surface area contributed by atoms with E-state index in [1.54, 1.807) is 18.2 Å². The molecule has 1 aliphatic heterocycles. The third kappa shape index (κ3) is 4.35. The minimum Gasteiger partial charge on any atom is -0.457 e. The molecule has 5 nitrogen and oxygen atoms in total. The van der Waals surface area contributed by atoms with Gasteiger partial charge in [-0.3, -0.25) is 9.59 Å². The predicted molar refractivity (Wildman–Crippen MR) is 118 cm³/mol. The molecule has 0 bridgehead atoms. The van der Waals surface area contributed by atoms with Crippen molar-refractivity contribution in [2.45, 2.75) is 26.2 Å². The van der Waals surface area contributed by atoms with Gasteiger partial charge in [0.05, 0.1) is 5.56 Å². The number of hydrogen-bond donors (Lipinski definition) is 1. The Morgan fingerprint density at radius 1 is 0.967 bits per heavy atom. The van der Waals surface area contributed by atoms with E-state index in [1.807, 2.05) is 66.4 Å². The highest BCUT2D eigenvalue weighted by molar-refractivity contribution is 6.06. The second-order valence-electron chi connectivity index (χ2n) is 7.37. The number of carbonyl (C=O) groups is 2. The first-order valence-electron chi connectivity index (χ1n) is 10.2. The fourth-order valence-electron chi connectivity index (χ4n) is 3.60. The lowest BCUT2D eigenvalue weighted by Crippen LogP contribution is -2.35. The average molecular weight is 400 g/mol. The van der Waals surface area contributed by atoms with E-state index < -0.39 is 0 Å². The van der Waals surface area contributed by atoms with Crippen molar-refractivity contribution in [2.24, 2.45) is 0 Å². The second-order valence-corrected chi connectivity index (χ2v) is 7.37. The van der Waals surface area contributed by atoms with Crippen LogP contribution in [-0.4, -0.2) is 18.4 Å². The zero-order chi connectivity index (χ0) is 20.9. The Kier molecular flexibility index (Phi) is 5.80. The number of carbonyl (C=O) groups excluding carboxylic acids is 2. The van der Waals surface area contributed by atoms with Crippen LogP contribution in [0.3, 0.4) is 0 Å². The molecule has 1 saturated heterocycles. The summed E-state index contributed by atoms with van der Waals surface area (Å²) in [5.74, 6) is 1.02. The lowest BCUT2D eigenvalue weighted by atomic mass is 10.1. The number of rotatable bonds is 5. The molecular formula is C25H24N2O3. The van der Waals surface area contributed by atoms with Crippen molar-refractivity contribution in [1.82, 2.24) is 0 Å². The van der Waals surface area contributed by atoms with E-state index in [4.69, 9.17) is 4.74 Å². The third-order valence-electron chi connectivity index (χ3n) is 5.18. The maximum absolute atomic E-state index is 13.0. The highest BCUT2D eigenvalue weighted by Crippen LogP contribution is 2.29. The van der Waals surface area contributed by atoms with E-state index in [-0.39, 0.29) is 11.8 Å². The van der Waals surface area contributed by atoms with Crippen molar-refractivity contribution in [3.63, 3.8) is 0 Å². The molecule has 1 fully saturated rings. The van der Waals surface area contributed by atoms with Crippen LogP contribution in [0.15, 0.2) is 72.8 Å². The Bertz CT molecular complexity index is 1060. The number of piperidine rings is 1. The lowest BCUT2D eigenvalue weighted by Gasteiger charge is -2.28. The quantitative estimate of drug-likeness (QED) is 0.610. The molecule has 3 aromatic rings. The molecule has 3 aromatic carbocycles. The van der Waals surface area contributed by atoms with Gasteiger partial charge in [-0.15, -0.1) is 0 Å². The van der Waals surface area contributed by atoms with Gasteiger partial charge < -0.3 is 15.0 Å². The van der Waals surface area contributed by atoms with Gasteiger partial charge in [0.2, 0.25) is 5.91 Å². The van der Waals surface area contributed by atoms with E-state index in [2.05, 4.69) is 5.32 Å². The average Bonchev–Trinajstić information content (AvgIpc) is 2.77. The monoisotopic (exact) mass is 400 g/mol. The van der Waals surface area contributed by atoms with E-state index in [9.17, 15) is 9.59 Å². The Morgan fingerprint density at radius 2 is 1.73 bits per heavy atom. The lowest BCUT2D eigenvalue weighted by molar-refractivity contribution is -0.119. The number of anilines is 2. The van der Waals surface area contributed by atoms with Crippen LogP contribution in [0.4, 0.5) is 11.4 Å². The van der Waals surface area contributed by atoms with Crippen LogP contribution >= 0.6 is 0 Å². The van der Waals surface area contributed by atoms with Crippen LogP contribution in [-0.2, 0) is 4.79 Å². The summed E-state index contributed by atoms with van der Waals surface area (Å²) >= 11 is 0. The first-order chi connectivity index (χ1) is 14.6. The number of benzene rings is 3. The number of amides is 2. The molecule has 0 atom stereocenters. The molecule has 1 heterocycles. The number of para-hydroxylation sites is 2. The highest BCUT2D eigenvalue weighted by atomic mass is 16.5. The van der Waals surface area contributed by atoms with Crippen LogP contribution in [0.25, 0.3) is 0 Å². The number of nitrogens with zero attached hydrogens (tertiary/aromatic N) is 1. The van der Waals surface area contributed by atoms with Crippen LogP contribution in [0, 0.1) is 6.92 Å². The molecule has 2 amide bonds. The van der Waals surface area contributed by atoms with E-state index in [0.717, 1.165) is 24.1 Å². The standard InChI is InChI=1S/C25H24N2O3/c1-18-14-15-19(17-22(18)27-16-8-7-13-24(27)28)26-25(29)21-11-5-6-12-23(21)30-20-9-3-2-4-10-20/h2-6,9-12,14-15,17H,7-8,13,16H2,1H3,(H,26,29). The summed E-state index contributed by atoms with van der Waals surface area (Å²) in [4.78, 5) is 27.2. The molecule has 0 aromatic heterocycles. The maximum Gasteiger partial charge on any atom is 0.259 e. The van der Waals surface area contributed by atoms with Gasteiger partial charge in [0.1, 0.15) is 11.5 Å². The van der Waals surface area contributed by atoms with E-state index in [1.165, 1.54) is 0 Å². The molecule has 5 heteroatoms. The molecule has 0 saturated carbocycles. The largest absolute Gasteiger partial charge is 0.457 e. The van der Waals surface area contributed by atoms with Gasteiger partial charge in [0.15, 0.2) is 0 Å². The maximum atomic E-state index is 13.0. The van der Waals surface area contributed by atoms with Gasteiger partial charge in [-0.2, -0.15) is 0 Å². The first kappa shape index (κ1) is 19.7. The van der Waals surface area contributed by atoms with Gasteiger partial charge >= 0.3 is 0 Å². The molecule has 0 spiro atoms. The van der Waals surface area contributed by atoms with Crippen molar-refractivity contribution in [3.8, 4) is 11.5 Å². The molecule has 4 rings (SSSR count). The highest BCUT2D eigenvalue weighted by Gasteiger charge is 2.22. The molecule has 0 radical (unpaired) electrons. The fraction of sp³-hybridized carbons (Fsp3) is 0.200. The van der Waals surface area contributed by atoms with Crippen LogP contribution in [0.1, 0.15) is 35.2 Å². The molecule has 30 heavy (non-hydrogen) atoms. The fourth-order valence-corrected chi connectivity index (χ4v) is 3.60. The summed E-state index contributed by atoms with van der Waals surface area (Å²) in [6.07, 6.45) is 2.50. The number of ether oxygens (including phenoxy) is 1. The van der Waals surface area contributed by atoms with Crippen LogP contribution < -0.4 is 15.0 Å². The summed E-state index contributed by atoms with van der Waals surface area (Å²) in [5, 5.41) is 2.95. The normalized spacial score (nSPS) is 13.8. The van der Waals surface area contributed by atoms with Gasteiger partial charge in [0.25, 0.3) is 5.91 Å². The number of aryl methyl sites for hydroxylation is 1. The zero-order valence-electron chi connectivity index (χ0n) is 16.9. The van der Waals surface area contributed by atoms with Gasteiger partial charge in [-0.1, -0.05) is 36.4 Å². The van der Waals surface area contributed by atoms with Crippen molar-refractivity contribution < 1.29 is 14.3 Å². The van der Waals surface area contributed by atoms with Gasteiger partial charge in [-0.05, 0) is 61.7 Å². The first-order valence-corrected chi connectivity index (χ1v) is 10.2. The summed E-state index contributed by atoms with van der Waals surface area (Å²) in [6.45, 7) is 2.69. The summed E-state index contributed by atoms with van der Waals surface area (Å²) in [6, 6.07) is 22.2. The van der Waals surface area contributed by atoms with E-state index >= 15 is 0 Å². The predicted octanol–water partition coefficient (Wildman–Crippen LogP) is 5.56. The molecule has 152 valence electrons. The second kappa shape index (κ2) is 8.82. The number of nitrogens with one attached hydrogen (secondary N) is 1. The third-order valence-corrected chi connectivity index (χ3v) is 5.18. The summed E-state index contributed by atoms with van der Waals surface area (Å²) in [7, 11) is 0. The Balaban J connectivity index is 1.56. The Morgan fingerprint density at radius 3 is 2.53 bits per heavy atom. The molecule has 0 aliphatic carbocycles. The SMILES string of the molecule is Cc1ccc(NC(=O)c2ccccc2Oc2ccccc2)cc1N1CCCCC1=O. The van der Waals surface area contributed by atoms with Crippen molar-refractivity contribution in [3.05, 3.63) is 83.9 Å². The Labute approximate surface area is 176 Å². The molecular weight excluding hydrogens is 376 g/mol. The number of hydrogen-bond acceptors (Lipinski definition) is 3. The van der Waals surface area contributed by atoms with E-state index in [0.29, 0.717) is 35.7 Å². The van der Waals surface area contributed by atoms with Crippen molar-refractivity contribution in [2.75, 3.05) is 16.8 Å². The zero-order valence-corrected chi connectivity index (χ0v) is 16.9. The van der Waals surface area contributed by atoms with Crippen molar-refractivity contribution >= 4 is 23.2 Å². The van der Waals surface area contributed by atoms with Crippen molar-refractivity contribution in [1.29, 1.82) is 0 Å². The topological polar surface area (TPSA) is 58.6 Å². The van der Waals surface area contributed by atoms with Gasteiger partial charge in [-0.25, -0.2) is 0 Å². The Hall–Kier alpha value is -3.60. The van der Waals surface area contributed by atoms with Gasteiger partial charge in [0, 0.05) is 24.3 Å². The van der Waals surface area contributed by atoms with Crippen LogP contribution in [0.2, 0.25) is 0 Å². The minimum absolute atomic E-state index is 0.134. The molecule has 1 aliphatic rings. The summed E-state index contributed by atoms with van der Waals surface area (Å²) in [5.41, 5.74) is 2.95. The summed E-state index contributed by atoms with van der Waals surface area (Å²) < 4.78 is 5.91. The van der Waals surface area contributed by atoms with Crippen LogP contribution in [0.5, 0.6) is 11.5 Å². The smallest absolute Gasteiger partial charge is 0.259 e. The minimum atomic E-state index is -0.263.